The number of nitrogens with one attached hydrogen (secondary N) is 1. The Kier molecular flexibility index (Phi) is 6.73. The maximum atomic E-state index is 13.0. The van der Waals surface area contributed by atoms with Crippen molar-refractivity contribution >= 4 is 23.6 Å². The third kappa shape index (κ3) is 5.34. The number of carbonyl (C=O) groups excluding carboxylic acids is 2. The van der Waals surface area contributed by atoms with Crippen LogP contribution in [0.4, 0.5) is 10.1 Å². The largest absolute Gasteiger partial charge is 0.493 e. The Bertz CT molecular complexity index is 819. The topological polar surface area (TPSA) is 73.9 Å². The van der Waals surface area contributed by atoms with Crippen molar-refractivity contribution in [2.75, 3.05) is 26.1 Å². The first-order valence-electron chi connectivity index (χ1n) is 7.64. The van der Waals surface area contributed by atoms with Gasteiger partial charge in [0.25, 0.3) is 5.91 Å². The molecule has 2 aromatic carbocycles. The number of amides is 1. The number of hydrogen-bond donors (Lipinski definition) is 1. The minimum absolute atomic E-state index is 0.280. The molecule has 0 aliphatic rings. The highest BCUT2D eigenvalue weighted by atomic mass is 19.1. The number of anilines is 1. The molecule has 136 valence electrons. The van der Waals surface area contributed by atoms with E-state index in [9.17, 15) is 14.0 Å². The molecule has 7 heteroatoms. The molecule has 0 fully saturated rings. The van der Waals surface area contributed by atoms with Gasteiger partial charge in [-0.25, -0.2) is 9.18 Å². The zero-order valence-corrected chi connectivity index (χ0v) is 14.3. The summed E-state index contributed by atoms with van der Waals surface area (Å²) in [6, 6.07) is 10.6. The van der Waals surface area contributed by atoms with Crippen LogP contribution in [0.3, 0.4) is 0 Å². The zero-order chi connectivity index (χ0) is 18.9. The molecule has 1 amide bonds. The van der Waals surface area contributed by atoms with Gasteiger partial charge in [-0.2, -0.15) is 0 Å². The van der Waals surface area contributed by atoms with Crippen molar-refractivity contribution in [1.82, 2.24) is 0 Å². The monoisotopic (exact) mass is 359 g/mol. The summed E-state index contributed by atoms with van der Waals surface area (Å²) >= 11 is 0. The Morgan fingerprint density at radius 2 is 1.88 bits per heavy atom. The number of carbonyl (C=O) groups is 2. The second-order valence-corrected chi connectivity index (χ2v) is 5.08. The Morgan fingerprint density at radius 3 is 2.58 bits per heavy atom. The summed E-state index contributed by atoms with van der Waals surface area (Å²) < 4.78 is 28.3. The molecule has 26 heavy (non-hydrogen) atoms. The van der Waals surface area contributed by atoms with Gasteiger partial charge in [0.05, 0.1) is 14.2 Å². The van der Waals surface area contributed by atoms with Crippen LogP contribution in [0.2, 0.25) is 0 Å². The van der Waals surface area contributed by atoms with Crippen LogP contribution in [0.5, 0.6) is 11.5 Å². The average Bonchev–Trinajstić information content (AvgIpc) is 2.64. The Morgan fingerprint density at radius 1 is 1.12 bits per heavy atom. The van der Waals surface area contributed by atoms with Gasteiger partial charge in [0, 0.05) is 17.3 Å². The number of ether oxygens (including phenoxy) is 3. The lowest BCUT2D eigenvalue weighted by molar-refractivity contribution is -0.142. The molecule has 0 saturated heterocycles. The second-order valence-electron chi connectivity index (χ2n) is 5.08. The zero-order valence-electron chi connectivity index (χ0n) is 14.3. The molecule has 0 bridgehead atoms. The van der Waals surface area contributed by atoms with Gasteiger partial charge in [-0.3, -0.25) is 4.79 Å². The van der Waals surface area contributed by atoms with Crippen molar-refractivity contribution in [1.29, 1.82) is 0 Å². The van der Waals surface area contributed by atoms with Crippen LogP contribution in [-0.2, 0) is 14.3 Å². The molecular formula is C19H18FNO5. The van der Waals surface area contributed by atoms with Crippen LogP contribution in [0, 0.1) is 5.82 Å². The molecule has 0 aliphatic carbocycles. The molecule has 0 radical (unpaired) electrons. The van der Waals surface area contributed by atoms with Crippen LogP contribution in [0.15, 0.2) is 48.5 Å². The van der Waals surface area contributed by atoms with E-state index < -0.39 is 24.3 Å². The van der Waals surface area contributed by atoms with Crippen LogP contribution in [0.25, 0.3) is 6.08 Å². The van der Waals surface area contributed by atoms with E-state index in [2.05, 4.69) is 5.32 Å². The predicted molar refractivity (Wildman–Crippen MR) is 94.6 cm³/mol. The lowest BCUT2D eigenvalue weighted by Crippen LogP contribution is -2.20. The van der Waals surface area contributed by atoms with Crippen molar-refractivity contribution in [3.05, 3.63) is 59.9 Å². The quantitative estimate of drug-likeness (QED) is 0.608. The molecule has 0 spiro atoms. The number of benzene rings is 2. The van der Waals surface area contributed by atoms with Gasteiger partial charge in [-0.1, -0.05) is 18.2 Å². The van der Waals surface area contributed by atoms with Crippen molar-refractivity contribution in [3.63, 3.8) is 0 Å². The fraction of sp³-hybridized carbons (Fsp3) is 0.158. The van der Waals surface area contributed by atoms with Crippen molar-refractivity contribution < 1.29 is 28.2 Å². The first-order chi connectivity index (χ1) is 12.5. The van der Waals surface area contributed by atoms with Gasteiger partial charge in [0.2, 0.25) is 0 Å². The summed E-state index contributed by atoms with van der Waals surface area (Å²) in [7, 11) is 3.00. The molecule has 0 aromatic heterocycles. The fourth-order valence-electron chi connectivity index (χ4n) is 2.15. The molecule has 0 saturated carbocycles. The summed E-state index contributed by atoms with van der Waals surface area (Å²) in [5, 5.41) is 2.43. The molecule has 2 aromatic rings. The van der Waals surface area contributed by atoms with E-state index in [1.54, 1.807) is 18.2 Å². The number of para-hydroxylation sites is 1. The van der Waals surface area contributed by atoms with Crippen molar-refractivity contribution in [2.45, 2.75) is 0 Å². The van der Waals surface area contributed by atoms with Crippen molar-refractivity contribution in [2.24, 2.45) is 0 Å². The van der Waals surface area contributed by atoms with Crippen LogP contribution in [-0.4, -0.2) is 32.7 Å². The number of hydrogen-bond acceptors (Lipinski definition) is 5. The predicted octanol–water partition coefficient (Wildman–Crippen LogP) is 3.04. The summed E-state index contributed by atoms with van der Waals surface area (Å²) in [5.74, 6) is -0.754. The summed E-state index contributed by atoms with van der Waals surface area (Å²) in [6.45, 7) is -0.491. The van der Waals surface area contributed by atoms with Crippen molar-refractivity contribution in [3.8, 4) is 11.5 Å². The normalized spacial score (nSPS) is 10.4. The number of rotatable bonds is 7. The van der Waals surface area contributed by atoms with E-state index in [0.29, 0.717) is 17.1 Å². The molecule has 0 heterocycles. The Labute approximate surface area is 150 Å². The maximum absolute atomic E-state index is 13.0. The third-order valence-corrected chi connectivity index (χ3v) is 3.29. The SMILES string of the molecule is COc1cccc(/C=C/C(=O)OCC(=O)Nc2cccc(F)c2)c1OC. The second kappa shape index (κ2) is 9.22. The molecule has 0 atom stereocenters. The minimum atomic E-state index is -0.704. The van der Waals surface area contributed by atoms with E-state index in [1.165, 1.54) is 44.6 Å². The molecule has 0 aliphatic heterocycles. The standard InChI is InChI=1S/C19H18FNO5/c1-24-16-8-3-5-13(19(16)25-2)9-10-18(23)26-12-17(22)21-15-7-4-6-14(20)11-15/h3-11H,12H2,1-2H3,(H,21,22)/b10-9+. The van der Waals surface area contributed by atoms with E-state index in [0.717, 1.165) is 6.07 Å². The molecule has 6 nitrogen and oxygen atoms in total. The fourth-order valence-corrected chi connectivity index (χ4v) is 2.15. The van der Waals surface area contributed by atoms with E-state index in [1.807, 2.05) is 0 Å². The molecule has 2 rings (SSSR count). The molecule has 1 N–H and O–H groups in total. The molecular weight excluding hydrogens is 341 g/mol. The first-order valence-corrected chi connectivity index (χ1v) is 7.64. The summed E-state index contributed by atoms with van der Waals surface area (Å²) in [4.78, 5) is 23.5. The first kappa shape index (κ1) is 19.0. The van der Waals surface area contributed by atoms with Gasteiger partial charge >= 0.3 is 5.97 Å². The maximum Gasteiger partial charge on any atom is 0.331 e. The minimum Gasteiger partial charge on any atom is -0.493 e. The van der Waals surface area contributed by atoms with E-state index in [4.69, 9.17) is 14.2 Å². The highest BCUT2D eigenvalue weighted by molar-refractivity contribution is 5.94. The lowest BCUT2D eigenvalue weighted by atomic mass is 10.1. The van der Waals surface area contributed by atoms with Gasteiger partial charge in [0.1, 0.15) is 5.82 Å². The van der Waals surface area contributed by atoms with E-state index >= 15 is 0 Å². The smallest absolute Gasteiger partial charge is 0.331 e. The summed E-state index contributed by atoms with van der Waals surface area (Å²) in [6.07, 6.45) is 2.67. The van der Waals surface area contributed by atoms with Crippen LogP contribution < -0.4 is 14.8 Å². The van der Waals surface area contributed by atoms with E-state index in [-0.39, 0.29) is 5.69 Å². The van der Waals surface area contributed by atoms with Crippen LogP contribution in [0.1, 0.15) is 5.56 Å². The Hall–Kier alpha value is -3.35. The lowest BCUT2D eigenvalue weighted by Gasteiger charge is -2.09. The number of esters is 1. The van der Waals surface area contributed by atoms with Gasteiger partial charge in [0.15, 0.2) is 18.1 Å². The number of methoxy groups -OCH3 is 2. The van der Waals surface area contributed by atoms with Gasteiger partial charge in [-0.05, 0) is 30.3 Å². The highest BCUT2D eigenvalue weighted by Gasteiger charge is 2.09. The van der Waals surface area contributed by atoms with Gasteiger partial charge in [-0.15, -0.1) is 0 Å². The van der Waals surface area contributed by atoms with Gasteiger partial charge < -0.3 is 19.5 Å². The summed E-state index contributed by atoms with van der Waals surface area (Å²) in [5.41, 5.74) is 0.899. The molecule has 0 unspecified atom stereocenters. The van der Waals surface area contributed by atoms with Crippen LogP contribution >= 0.6 is 0 Å². The number of halogens is 1. The Balaban J connectivity index is 1.90. The average molecular weight is 359 g/mol. The third-order valence-electron chi connectivity index (χ3n) is 3.29. The highest BCUT2D eigenvalue weighted by Crippen LogP contribution is 2.31.